The highest BCUT2D eigenvalue weighted by Gasteiger charge is 2.18. The monoisotopic (exact) mass is 463 g/mol. The molecule has 0 unspecified atom stereocenters. The van der Waals surface area contributed by atoms with Gasteiger partial charge in [-0.05, 0) is 63.2 Å². The SMILES string of the molecule is CCCN(CCC)CCCNc1ccc(C(=O)Nc2cccc(OC)c2)cc1[N+](=O)[O-].[Cl-]. The highest BCUT2D eigenvalue weighted by atomic mass is 35.5. The van der Waals surface area contributed by atoms with Crippen LogP contribution in [0.5, 0.6) is 5.75 Å². The number of carbonyl (C=O) groups excluding carboxylic acids is 1. The van der Waals surface area contributed by atoms with Crippen LogP contribution in [-0.4, -0.2) is 49.0 Å². The Morgan fingerprint density at radius 1 is 1.09 bits per heavy atom. The van der Waals surface area contributed by atoms with Crippen LogP contribution in [0.3, 0.4) is 0 Å². The molecule has 9 heteroatoms. The molecule has 0 aliphatic heterocycles. The fourth-order valence-electron chi connectivity index (χ4n) is 3.37. The van der Waals surface area contributed by atoms with Crippen LogP contribution in [0.2, 0.25) is 0 Å². The van der Waals surface area contributed by atoms with E-state index in [0.29, 0.717) is 23.7 Å². The van der Waals surface area contributed by atoms with Gasteiger partial charge in [-0.1, -0.05) is 19.9 Å². The number of hydrogen-bond acceptors (Lipinski definition) is 6. The van der Waals surface area contributed by atoms with Crippen LogP contribution < -0.4 is 27.8 Å². The Hall–Kier alpha value is -2.84. The molecule has 2 rings (SSSR count). The second-order valence-corrected chi connectivity index (χ2v) is 7.30. The van der Waals surface area contributed by atoms with E-state index in [1.807, 2.05) is 0 Å². The lowest BCUT2D eigenvalue weighted by atomic mass is 10.1. The van der Waals surface area contributed by atoms with E-state index in [2.05, 4.69) is 29.4 Å². The number of nitro groups is 1. The smallest absolute Gasteiger partial charge is 0.293 e. The zero-order chi connectivity index (χ0) is 22.6. The van der Waals surface area contributed by atoms with Gasteiger partial charge in [0, 0.05) is 29.9 Å². The maximum Gasteiger partial charge on any atom is 0.293 e. The lowest BCUT2D eigenvalue weighted by Gasteiger charge is -2.20. The third kappa shape index (κ3) is 8.36. The molecule has 0 atom stereocenters. The molecule has 1 amide bonds. The predicted octanol–water partition coefficient (Wildman–Crippen LogP) is 1.78. The molecule has 0 fully saturated rings. The summed E-state index contributed by atoms with van der Waals surface area (Å²) >= 11 is 0. The number of benzene rings is 2. The molecule has 0 aliphatic carbocycles. The molecule has 0 aliphatic rings. The van der Waals surface area contributed by atoms with Gasteiger partial charge in [-0.2, -0.15) is 0 Å². The van der Waals surface area contributed by atoms with Gasteiger partial charge in [0.05, 0.1) is 12.0 Å². The number of anilines is 2. The van der Waals surface area contributed by atoms with E-state index >= 15 is 0 Å². The van der Waals surface area contributed by atoms with Crippen molar-refractivity contribution in [1.29, 1.82) is 0 Å². The van der Waals surface area contributed by atoms with Crippen molar-refractivity contribution < 1.29 is 26.9 Å². The first-order valence-electron chi connectivity index (χ1n) is 10.7. The molecule has 8 nitrogen and oxygen atoms in total. The molecule has 0 radical (unpaired) electrons. The van der Waals surface area contributed by atoms with E-state index in [1.165, 1.54) is 6.07 Å². The maximum atomic E-state index is 12.6. The van der Waals surface area contributed by atoms with Crippen LogP contribution in [-0.2, 0) is 0 Å². The molecule has 0 saturated heterocycles. The summed E-state index contributed by atoms with van der Waals surface area (Å²) in [5.74, 6) is 0.192. The minimum Gasteiger partial charge on any atom is -1.00 e. The maximum absolute atomic E-state index is 12.6. The van der Waals surface area contributed by atoms with Crippen molar-refractivity contribution in [2.45, 2.75) is 33.1 Å². The Morgan fingerprint density at radius 2 is 1.81 bits per heavy atom. The fraction of sp³-hybridized carbons (Fsp3) is 0.435. The Kier molecular flexibility index (Phi) is 12.1. The van der Waals surface area contributed by atoms with E-state index in [-0.39, 0.29) is 23.7 Å². The highest BCUT2D eigenvalue weighted by molar-refractivity contribution is 6.05. The normalized spacial score (nSPS) is 10.4. The molecule has 176 valence electrons. The summed E-state index contributed by atoms with van der Waals surface area (Å²) in [7, 11) is 1.54. The topological polar surface area (TPSA) is 96.7 Å². The van der Waals surface area contributed by atoms with Crippen molar-refractivity contribution in [2.24, 2.45) is 0 Å². The molecule has 0 spiro atoms. The summed E-state index contributed by atoms with van der Waals surface area (Å²) in [6, 6.07) is 11.4. The number of rotatable bonds is 13. The zero-order valence-corrected chi connectivity index (χ0v) is 19.7. The first-order valence-corrected chi connectivity index (χ1v) is 10.7. The summed E-state index contributed by atoms with van der Waals surface area (Å²) in [5, 5.41) is 17.4. The van der Waals surface area contributed by atoms with Crippen LogP contribution in [0, 0.1) is 10.1 Å². The van der Waals surface area contributed by atoms with Gasteiger partial charge in [0.1, 0.15) is 11.4 Å². The third-order valence-electron chi connectivity index (χ3n) is 4.83. The first-order chi connectivity index (χ1) is 15.0. The molecule has 2 aromatic carbocycles. The number of ether oxygens (including phenoxy) is 1. The molecule has 32 heavy (non-hydrogen) atoms. The van der Waals surface area contributed by atoms with Crippen LogP contribution in [0.25, 0.3) is 0 Å². The number of methoxy groups -OCH3 is 1. The highest BCUT2D eigenvalue weighted by Crippen LogP contribution is 2.26. The van der Waals surface area contributed by atoms with Crippen LogP contribution in [0.4, 0.5) is 17.1 Å². The van der Waals surface area contributed by atoms with E-state index in [1.54, 1.807) is 43.5 Å². The van der Waals surface area contributed by atoms with Gasteiger partial charge < -0.3 is 32.7 Å². The number of carbonyl (C=O) groups is 1. The fourth-order valence-corrected chi connectivity index (χ4v) is 3.37. The summed E-state index contributed by atoms with van der Waals surface area (Å²) in [6.07, 6.45) is 3.10. The largest absolute Gasteiger partial charge is 1.00 e. The molecule has 2 N–H and O–H groups in total. The van der Waals surface area contributed by atoms with E-state index in [9.17, 15) is 14.9 Å². The number of nitrogens with one attached hydrogen (secondary N) is 2. The average molecular weight is 464 g/mol. The average Bonchev–Trinajstić information content (AvgIpc) is 2.77. The molecular weight excluding hydrogens is 432 g/mol. The van der Waals surface area contributed by atoms with Crippen molar-refractivity contribution in [2.75, 3.05) is 43.9 Å². The molecular formula is C23H32ClN4O4-. The minimum atomic E-state index is -0.467. The number of halogens is 1. The van der Waals surface area contributed by atoms with Crippen molar-refractivity contribution in [3.05, 3.63) is 58.1 Å². The standard InChI is InChI=1S/C23H32N4O4.ClH/c1-4-13-26(14-5-2)15-7-12-24-21-11-10-18(16-22(21)27(29)30)23(28)25-19-8-6-9-20(17-19)31-3;/h6,8-11,16-17,24H,4-5,7,12-15H2,1-3H3,(H,25,28);1H/p-1. The number of hydrogen-bond donors (Lipinski definition) is 2. The van der Waals surface area contributed by atoms with Crippen LogP contribution >= 0.6 is 0 Å². The Bertz CT molecular complexity index is 873. The van der Waals surface area contributed by atoms with E-state index in [0.717, 1.165) is 38.9 Å². The summed E-state index contributed by atoms with van der Waals surface area (Å²) in [4.78, 5) is 26.1. The second kappa shape index (κ2) is 14.3. The van der Waals surface area contributed by atoms with Gasteiger partial charge in [0.15, 0.2) is 0 Å². The zero-order valence-electron chi connectivity index (χ0n) is 18.9. The summed E-state index contributed by atoms with van der Waals surface area (Å²) in [5.41, 5.74) is 1.08. The lowest BCUT2D eigenvalue weighted by Crippen LogP contribution is -3.00. The summed E-state index contributed by atoms with van der Waals surface area (Å²) < 4.78 is 5.15. The van der Waals surface area contributed by atoms with Gasteiger partial charge in [-0.3, -0.25) is 14.9 Å². The molecule has 0 heterocycles. The number of nitro benzene ring substituents is 1. The van der Waals surface area contributed by atoms with Gasteiger partial charge in [0.2, 0.25) is 0 Å². The van der Waals surface area contributed by atoms with Crippen LogP contribution in [0.15, 0.2) is 42.5 Å². The molecule has 2 aromatic rings. The quantitative estimate of drug-likeness (QED) is 0.267. The van der Waals surface area contributed by atoms with Crippen molar-refractivity contribution in [3.63, 3.8) is 0 Å². The molecule has 0 aromatic heterocycles. The van der Waals surface area contributed by atoms with Gasteiger partial charge in [-0.25, -0.2) is 0 Å². The van der Waals surface area contributed by atoms with Crippen LogP contribution in [0.1, 0.15) is 43.5 Å². The third-order valence-corrected chi connectivity index (χ3v) is 4.83. The number of nitrogens with zero attached hydrogens (tertiary/aromatic N) is 2. The Morgan fingerprint density at radius 3 is 2.44 bits per heavy atom. The van der Waals surface area contributed by atoms with E-state index < -0.39 is 10.8 Å². The van der Waals surface area contributed by atoms with Gasteiger partial charge >= 0.3 is 0 Å². The number of amides is 1. The predicted molar refractivity (Wildman–Crippen MR) is 124 cm³/mol. The van der Waals surface area contributed by atoms with Gasteiger partial charge in [0.25, 0.3) is 11.6 Å². The molecule has 0 saturated carbocycles. The molecule has 0 bridgehead atoms. The van der Waals surface area contributed by atoms with Crippen molar-refractivity contribution in [3.8, 4) is 5.75 Å². The minimum absolute atomic E-state index is 0. The van der Waals surface area contributed by atoms with Crippen molar-refractivity contribution in [1.82, 2.24) is 4.90 Å². The first kappa shape index (κ1) is 27.2. The van der Waals surface area contributed by atoms with E-state index in [4.69, 9.17) is 4.74 Å². The van der Waals surface area contributed by atoms with Gasteiger partial charge in [-0.15, -0.1) is 0 Å². The lowest BCUT2D eigenvalue weighted by molar-refractivity contribution is -0.384. The van der Waals surface area contributed by atoms with Crippen molar-refractivity contribution >= 4 is 23.0 Å². The Labute approximate surface area is 195 Å². The second-order valence-electron chi connectivity index (χ2n) is 7.30. The summed E-state index contributed by atoms with van der Waals surface area (Å²) in [6.45, 7) is 8.02. The Balaban J connectivity index is 0.00000512.